The lowest BCUT2D eigenvalue weighted by atomic mass is 10.2. The minimum Gasteiger partial charge on any atom is -0.366 e. The molecule has 0 aliphatic carbocycles. The molecule has 2 rings (SSSR count). The number of nitrogens with one attached hydrogen (secondary N) is 1. The van der Waals surface area contributed by atoms with E-state index in [1.54, 1.807) is 0 Å². The molecule has 1 saturated heterocycles. The maximum absolute atomic E-state index is 4.44. The van der Waals surface area contributed by atoms with Crippen molar-refractivity contribution in [1.29, 1.82) is 0 Å². The summed E-state index contributed by atoms with van der Waals surface area (Å²) in [6.45, 7) is 4.09. The normalized spacial score (nSPS) is 20.8. The Bertz CT molecular complexity index is 348. The van der Waals surface area contributed by atoms with Crippen LogP contribution in [-0.4, -0.2) is 27.5 Å². The van der Waals surface area contributed by atoms with Crippen LogP contribution in [0.3, 0.4) is 0 Å². The van der Waals surface area contributed by atoms with Gasteiger partial charge in [-0.2, -0.15) is 11.8 Å². The van der Waals surface area contributed by atoms with E-state index in [0.29, 0.717) is 6.04 Å². The second-order valence-electron chi connectivity index (χ2n) is 4.20. The molecule has 0 radical (unpaired) electrons. The van der Waals surface area contributed by atoms with Crippen LogP contribution in [0.15, 0.2) is 6.07 Å². The SMILES string of the molecule is CCc1cc(NC2CCCSC2)nc(C)n1. The zero-order chi connectivity index (χ0) is 11.4. The van der Waals surface area contributed by atoms with E-state index in [2.05, 4.69) is 28.3 Å². The molecule has 0 saturated carbocycles. The van der Waals surface area contributed by atoms with E-state index in [1.165, 1.54) is 24.3 Å². The summed E-state index contributed by atoms with van der Waals surface area (Å²) in [6, 6.07) is 2.66. The summed E-state index contributed by atoms with van der Waals surface area (Å²) >= 11 is 2.03. The van der Waals surface area contributed by atoms with E-state index >= 15 is 0 Å². The molecule has 0 spiro atoms. The number of thioether (sulfide) groups is 1. The van der Waals surface area contributed by atoms with Crippen LogP contribution in [0.4, 0.5) is 5.82 Å². The van der Waals surface area contributed by atoms with Gasteiger partial charge in [-0.05, 0) is 31.9 Å². The van der Waals surface area contributed by atoms with Crippen LogP contribution < -0.4 is 5.32 Å². The molecule has 1 N–H and O–H groups in total. The van der Waals surface area contributed by atoms with Crippen LogP contribution in [0.5, 0.6) is 0 Å². The summed E-state index contributed by atoms with van der Waals surface area (Å²) in [5.74, 6) is 4.37. The molecular weight excluding hydrogens is 218 g/mol. The van der Waals surface area contributed by atoms with Crippen LogP contribution >= 0.6 is 11.8 Å². The zero-order valence-electron chi connectivity index (χ0n) is 9.99. The first kappa shape index (κ1) is 11.7. The Morgan fingerprint density at radius 3 is 3.06 bits per heavy atom. The van der Waals surface area contributed by atoms with E-state index in [0.717, 1.165) is 23.8 Å². The molecule has 1 fully saturated rings. The van der Waals surface area contributed by atoms with E-state index < -0.39 is 0 Å². The lowest BCUT2D eigenvalue weighted by Crippen LogP contribution is -2.26. The van der Waals surface area contributed by atoms with Gasteiger partial charge in [-0.3, -0.25) is 0 Å². The van der Waals surface area contributed by atoms with E-state index in [1.807, 2.05) is 18.7 Å². The number of rotatable bonds is 3. The molecule has 88 valence electrons. The van der Waals surface area contributed by atoms with Crippen molar-refractivity contribution in [3.8, 4) is 0 Å². The Morgan fingerprint density at radius 1 is 1.50 bits per heavy atom. The molecule has 1 aliphatic heterocycles. The van der Waals surface area contributed by atoms with Gasteiger partial charge in [-0.1, -0.05) is 6.92 Å². The topological polar surface area (TPSA) is 37.8 Å². The van der Waals surface area contributed by atoms with Gasteiger partial charge < -0.3 is 5.32 Å². The third-order valence-electron chi connectivity index (χ3n) is 2.77. The average molecular weight is 237 g/mol. The number of aromatic nitrogens is 2. The first-order valence-electron chi connectivity index (χ1n) is 5.96. The van der Waals surface area contributed by atoms with Gasteiger partial charge in [0.05, 0.1) is 0 Å². The van der Waals surface area contributed by atoms with Crippen LogP contribution in [-0.2, 0) is 6.42 Å². The molecule has 2 heterocycles. The highest BCUT2D eigenvalue weighted by Gasteiger charge is 2.14. The maximum Gasteiger partial charge on any atom is 0.130 e. The van der Waals surface area contributed by atoms with E-state index in [-0.39, 0.29) is 0 Å². The third-order valence-corrected chi connectivity index (χ3v) is 3.98. The Labute approximate surface area is 101 Å². The Kier molecular flexibility index (Phi) is 4.04. The fourth-order valence-electron chi connectivity index (χ4n) is 1.95. The van der Waals surface area contributed by atoms with Gasteiger partial charge in [0.15, 0.2) is 0 Å². The molecule has 3 nitrogen and oxygen atoms in total. The number of hydrogen-bond acceptors (Lipinski definition) is 4. The molecule has 16 heavy (non-hydrogen) atoms. The van der Waals surface area contributed by atoms with Crippen LogP contribution in [0.25, 0.3) is 0 Å². The quantitative estimate of drug-likeness (QED) is 0.877. The van der Waals surface area contributed by atoms with Crippen LogP contribution in [0.1, 0.15) is 31.3 Å². The molecule has 4 heteroatoms. The first-order valence-corrected chi connectivity index (χ1v) is 7.12. The smallest absolute Gasteiger partial charge is 0.130 e. The Hall–Kier alpha value is -0.770. The number of hydrogen-bond donors (Lipinski definition) is 1. The number of anilines is 1. The van der Waals surface area contributed by atoms with Crippen molar-refractivity contribution in [2.75, 3.05) is 16.8 Å². The summed E-state index contributed by atoms with van der Waals surface area (Å²) in [7, 11) is 0. The van der Waals surface area contributed by atoms with Crippen molar-refractivity contribution in [3.05, 3.63) is 17.6 Å². The van der Waals surface area contributed by atoms with Gasteiger partial charge >= 0.3 is 0 Å². The number of nitrogens with zero attached hydrogens (tertiary/aromatic N) is 2. The van der Waals surface area contributed by atoms with Gasteiger partial charge in [0.25, 0.3) is 0 Å². The van der Waals surface area contributed by atoms with Crippen molar-refractivity contribution >= 4 is 17.6 Å². The standard InChI is InChI=1S/C12H19N3S/c1-3-10-7-12(14-9(2)13-10)15-11-5-4-6-16-8-11/h7,11H,3-6,8H2,1-2H3,(H,13,14,15). The molecular formula is C12H19N3S. The molecule has 0 amide bonds. The largest absolute Gasteiger partial charge is 0.366 e. The predicted octanol–water partition coefficient (Wildman–Crippen LogP) is 2.65. The monoisotopic (exact) mass is 237 g/mol. The van der Waals surface area contributed by atoms with Crippen molar-refractivity contribution in [3.63, 3.8) is 0 Å². The van der Waals surface area contributed by atoms with Gasteiger partial charge in [0.2, 0.25) is 0 Å². The predicted molar refractivity (Wildman–Crippen MR) is 70.1 cm³/mol. The second kappa shape index (κ2) is 5.53. The van der Waals surface area contributed by atoms with Crippen LogP contribution in [0, 0.1) is 6.92 Å². The van der Waals surface area contributed by atoms with Crippen molar-refractivity contribution in [1.82, 2.24) is 9.97 Å². The molecule has 0 aromatic carbocycles. The Balaban J connectivity index is 2.04. The molecule has 1 aromatic rings. The molecule has 1 atom stereocenters. The fraction of sp³-hybridized carbons (Fsp3) is 0.667. The van der Waals surface area contributed by atoms with Gasteiger partial charge in [-0.25, -0.2) is 9.97 Å². The van der Waals surface area contributed by atoms with Gasteiger partial charge in [0.1, 0.15) is 11.6 Å². The highest BCUT2D eigenvalue weighted by Crippen LogP contribution is 2.20. The second-order valence-corrected chi connectivity index (χ2v) is 5.35. The number of aryl methyl sites for hydroxylation is 2. The van der Waals surface area contributed by atoms with E-state index in [9.17, 15) is 0 Å². The highest BCUT2D eigenvalue weighted by atomic mass is 32.2. The Morgan fingerprint density at radius 2 is 2.38 bits per heavy atom. The summed E-state index contributed by atoms with van der Waals surface area (Å²) < 4.78 is 0. The first-order chi connectivity index (χ1) is 7.78. The fourth-order valence-corrected chi connectivity index (χ4v) is 3.02. The summed E-state index contributed by atoms with van der Waals surface area (Å²) in [5.41, 5.74) is 1.12. The highest BCUT2D eigenvalue weighted by molar-refractivity contribution is 7.99. The summed E-state index contributed by atoms with van der Waals surface area (Å²) in [6.07, 6.45) is 3.54. The summed E-state index contributed by atoms with van der Waals surface area (Å²) in [5, 5.41) is 3.52. The average Bonchev–Trinajstić information content (AvgIpc) is 2.29. The summed E-state index contributed by atoms with van der Waals surface area (Å²) in [4.78, 5) is 8.83. The van der Waals surface area contributed by atoms with Crippen molar-refractivity contribution in [2.24, 2.45) is 0 Å². The molecule has 1 aliphatic rings. The van der Waals surface area contributed by atoms with Crippen LogP contribution in [0.2, 0.25) is 0 Å². The molecule has 1 aromatic heterocycles. The zero-order valence-corrected chi connectivity index (χ0v) is 10.8. The lowest BCUT2D eigenvalue weighted by molar-refractivity contribution is 0.681. The van der Waals surface area contributed by atoms with Crippen molar-refractivity contribution in [2.45, 2.75) is 39.2 Å². The van der Waals surface area contributed by atoms with Gasteiger partial charge in [0, 0.05) is 23.6 Å². The lowest BCUT2D eigenvalue weighted by Gasteiger charge is -2.23. The third kappa shape index (κ3) is 3.11. The van der Waals surface area contributed by atoms with Gasteiger partial charge in [-0.15, -0.1) is 0 Å². The van der Waals surface area contributed by atoms with Crippen molar-refractivity contribution < 1.29 is 0 Å². The minimum absolute atomic E-state index is 0.581. The maximum atomic E-state index is 4.44. The minimum atomic E-state index is 0.581. The van der Waals surface area contributed by atoms with E-state index in [4.69, 9.17) is 0 Å². The molecule has 1 unspecified atom stereocenters. The molecule has 0 bridgehead atoms.